The Morgan fingerprint density at radius 2 is 2.04 bits per heavy atom. The Bertz CT molecular complexity index is 692. The second-order valence-corrected chi connectivity index (χ2v) is 6.24. The first-order valence-electron chi connectivity index (χ1n) is 8.38. The fourth-order valence-corrected chi connectivity index (χ4v) is 3.43. The molecule has 0 spiro atoms. The van der Waals surface area contributed by atoms with Crippen molar-refractivity contribution in [1.29, 1.82) is 0 Å². The van der Waals surface area contributed by atoms with Gasteiger partial charge in [0.05, 0.1) is 11.7 Å². The van der Waals surface area contributed by atoms with Gasteiger partial charge in [0.1, 0.15) is 11.6 Å². The summed E-state index contributed by atoms with van der Waals surface area (Å²) in [7, 11) is 0. The Balaban J connectivity index is 1.71. The molecule has 0 radical (unpaired) electrons. The second-order valence-electron chi connectivity index (χ2n) is 6.24. The molecule has 1 saturated heterocycles. The van der Waals surface area contributed by atoms with Crippen molar-refractivity contribution < 1.29 is 9.47 Å². The highest BCUT2D eigenvalue weighted by Gasteiger charge is 2.27. The fourth-order valence-electron chi connectivity index (χ4n) is 3.43. The number of hydrogen-bond acceptors (Lipinski definition) is 5. The Hall–Kier alpha value is -2.08. The molecule has 2 aliphatic rings. The minimum Gasteiger partial charge on any atom is -0.439 e. The number of aryl methyl sites for hydroxylation is 1. The summed E-state index contributed by atoms with van der Waals surface area (Å²) in [6.45, 7) is 1.58. The van der Waals surface area contributed by atoms with Crippen LogP contribution in [0.3, 0.4) is 0 Å². The molecule has 122 valence electrons. The summed E-state index contributed by atoms with van der Waals surface area (Å²) in [4.78, 5) is 4.03. The zero-order valence-corrected chi connectivity index (χ0v) is 13.2. The molecule has 2 aromatic rings. The van der Waals surface area contributed by atoms with E-state index in [0.717, 1.165) is 50.5 Å². The lowest BCUT2D eigenvalue weighted by Crippen LogP contribution is -2.21. The van der Waals surface area contributed by atoms with E-state index < -0.39 is 0 Å². The van der Waals surface area contributed by atoms with Crippen molar-refractivity contribution in [1.82, 2.24) is 14.8 Å². The summed E-state index contributed by atoms with van der Waals surface area (Å²) in [5.74, 6) is 2.07. The van der Waals surface area contributed by atoms with Gasteiger partial charge in [0.25, 0.3) is 0 Å². The van der Waals surface area contributed by atoms with Gasteiger partial charge in [-0.25, -0.2) is 9.67 Å². The third-order valence-electron chi connectivity index (χ3n) is 4.64. The van der Waals surface area contributed by atoms with Crippen LogP contribution in [0.4, 0.5) is 5.82 Å². The third kappa shape index (κ3) is 2.91. The third-order valence-corrected chi connectivity index (χ3v) is 4.64. The number of rotatable bonds is 3. The molecule has 23 heavy (non-hydrogen) atoms. The molecule has 0 saturated carbocycles. The smallest absolute Gasteiger partial charge is 0.221 e. The van der Waals surface area contributed by atoms with Crippen LogP contribution in [-0.2, 0) is 17.6 Å². The molecule has 0 bridgehead atoms. The van der Waals surface area contributed by atoms with Gasteiger partial charge in [0.15, 0.2) is 0 Å². The van der Waals surface area contributed by atoms with Gasteiger partial charge in [-0.05, 0) is 44.6 Å². The molecule has 6 nitrogen and oxygen atoms in total. The largest absolute Gasteiger partial charge is 0.439 e. The first-order valence-corrected chi connectivity index (χ1v) is 8.38. The minimum atomic E-state index is 0.350. The zero-order valence-electron chi connectivity index (χ0n) is 13.2. The zero-order chi connectivity index (χ0) is 15.6. The normalized spacial score (nSPS) is 18.6. The highest BCUT2D eigenvalue weighted by atomic mass is 16.5. The molecular weight excluding hydrogens is 292 g/mol. The maximum atomic E-state index is 6.22. The van der Waals surface area contributed by atoms with Crippen molar-refractivity contribution in [2.45, 2.75) is 44.6 Å². The van der Waals surface area contributed by atoms with Crippen LogP contribution in [0.25, 0.3) is 0 Å². The van der Waals surface area contributed by atoms with Crippen molar-refractivity contribution in [2.24, 2.45) is 0 Å². The van der Waals surface area contributed by atoms with Crippen LogP contribution in [-0.4, -0.2) is 28.0 Å². The highest BCUT2D eigenvalue weighted by molar-refractivity contribution is 5.41. The van der Waals surface area contributed by atoms with Crippen LogP contribution in [0.1, 0.15) is 43.0 Å². The SMILES string of the molecule is Nc1cc(Oc2c3c(nn2C2CCOCC2)CCCC3)ccn1. The summed E-state index contributed by atoms with van der Waals surface area (Å²) in [5, 5.41) is 4.88. The molecule has 2 aromatic heterocycles. The van der Waals surface area contributed by atoms with Crippen molar-refractivity contribution in [3.63, 3.8) is 0 Å². The predicted octanol–water partition coefficient (Wildman–Crippen LogP) is 2.88. The fraction of sp³-hybridized carbons (Fsp3) is 0.529. The molecule has 1 aliphatic heterocycles. The Kier molecular flexibility index (Phi) is 3.91. The van der Waals surface area contributed by atoms with Crippen LogP contribution in [0.15, 0.2) is 18.3 Å². The lowest BCUT2D eigenvalue weighted by Gasteiger charge is -2.24. The van der Waals surface area contributed by atoms with Crippen molar-refractivity contribution in [3.8, 4) is 11.6 Å². The van der Waals surface area contributed by atoms with Gasteiger partial charge in [-0.2, -0.15) is 5.10 Å². The topological polar surface area (TPSA) is 75.2 Å². The van der Waals surface area contributed by atoms with Crippen LogP contribution in [0.2, 0.25) is 0 Å². The van der Waals surface area contributed by atoms with E-state index in [0.29, 0.717) is 11.9 Å². The summed E-state index contributed by atoms with van der Waals surface area (Å²) in [5.41, 5.74) is 8.23. The van der Waals surface area contributed by atoms with Gasteiger partial charge in [-0.1, -0.05) is 0 Å². The quantitative estimate of drug-likeness (QED) is 0.943. The molecule has 3 heterocycles. The molecule has 0 amide bonds. The number of nitrogen functional groups attached to an aromatic ring is 1. The highest BCUT2D eigenvalue weighted by Crippen LogP contribution is 2.37. The van der Waals surface area contributed by atoms with Crippen molar-refractivity contribution in [2.75, 3.05) is 18.9 Å². The van der Waals surface area contributed by atoms with Gasteiger partial charge in [0, 0.05) is 31.0 Å². The Labute approximate surface area is 135 Å². The van der Waals surface area contributed by atoms with E-state index in [2.05, 4.69) is 9.67 Å². The molecule has 0 unspecified atom stereocenters. The van der Waals surface area contributed by atoms with E-state index in [9.17, 15) is 0 Å². The Morgan fingerprint density at radius 3 is 2.87 bits per heavy atom. The van der Waals surface area contributed by atoms with E-state index in [1.165, 1.54) is 24.1 Å². The first kappa shape index (κ1) is 14.5. The number of anilines is 1. The molecule has 1 aliphatic carbocycles. The molecule has 1 fully saturated rings. The van der Waals surface area contributed by atoms with E-state index in [1.54, 1.807) is 12.3 Å². The summed E-state index contributed by atoms with van der Waals surface area (Å²) in [6, 6.07) is 3.95. The summed E-state index contributed by atoms with van der Waals surface area (Å²) in [6.07, 6.45) is 8.12. The maximum absolute atomic E-state index is 6.22. The number of aromatic nitrogens is 3. The van der Waals surface area contributed by atoms with Gasteiger partial charge >= 0.3 is 0 Å². The van der Waals surface area contributed by atoms with Crippen LogP contribution in [0, 0.1) is 0 Å². The summed E-state index contributed by atoms with van der Waals surface area (Å²) >= 11 is 0. The average Bonchev–Trinajstić information content (AvgIpc) is 2.95. The first-order chi connectivity index (χ1) is 11.3. The number of nitrogens with two attached hydrogens (primary N) is 1. The lowest BCUT2D eigenvalue weighted by molar-refractivity contribution is 0.0641. The van der Waals surface area contributed by atoms with Crippen molar-refractivity contribution in [3.05, 3.63) is 29.6 Å². The maximum Gasteiger partial charge on any atom is 0.221 e. The molecule has 4 rings (SSSR count). The van der Waals surface area contributed by atoms with E-state index in [4.69, 9.17) is 20.3 Å². The van der Waals surface area contributed by atoms with E-state index in [1.807, 2.05) is 6.07 Å². The van der Waals surface area contributed by atoms with Gasteiger partial charge in [-0.15, -0.1) is 0 Å². The van der Waals surface area contributed by atoms with Crippen LogP contribution >= 0.6 is 0 Å². The van der Waals surface area contributed by atoms with E-state index >= 15 is 0 Å². The minimum absolute atomic E-state index is 0.350. The monoisotopic (exact) mass is 314 g/mol. The predicted molar refractivity (Wildman–Crippen MR) is 86.7 cm³/mol. The number of ether oxygens (including phenoxy) is 2. The number of pyridine rings is 1. The van der Waals surface area contributed by atoms with Crippen LogP contribution < -0.4 is 10.5 Å². The standard InChI is InChI=1S/C17H22N4O2/c18-16-11-13(5-8-19-16)23-17-14-3-1-2-4-15(14)20-21(17)12-6-9-22-10-7-12/h5,8,11-12H,1-4,6-7,9-10H2,(H2,18,19). The second kappa shape index (κ2) is 6.20. The molecule has 6 heteroatoms. The van der Waals surface area contributed by atoms with Gasteiger partial charge in [0.2, 0.25) is 5.88 Å². The van der Waals surface area contributed by atoms with Crippen molar-refractivity contribution >= 4 is 5.82 Å². The number of hydrogen-bond donors (Lipinski definition) is 1. The molecule has 2 N–H and O–H groups in total. The van der Waals surface area contributed by atoms with E-state index in [-0.39, 0.29) is 0 Å². The Morgan fingerprint density at radius 1 is 1.22 bits per heavy atom. The average molecular weight is 314 g/mol. The lowest BCUT2D eigenvalue weighted by atomic mass is 9.98. The van der Waals surface area contributed by atoms with Crippen LogP contribution in [0.5, 0.6) is 11.6 Å². The van der Waals surface area contributed by atoms with Gasteiger partial charge in [-0.3, -0.25) is 0 Å². The number of nitrogens with zero attached hydrogens (tertiary/aromatic N) is 3. The number of fused-ring (bicyclic) bond motifs is 1. The molecule has 0 aromatic carbocycles. The molecular formula is C17H22N4O2. The van der Waals surface area contributed by atoms with Gasteiger partial charge < -0.3 is 15.2 Å². The molecule has 0 atom stereocenters. The summed E-state index contributed by atoms with van der Waals surface area (Å²) < 4.78 is 13.8.